The number of carbonyl (C=O) groups is 1. The highest BCUT2D eigenvalue weighted by Gasteiger charge is 2.47. The van der Waals surface area contributed by atoms with Gasteiger partial charge in [-0.2, -0.15) is 0 Å². The Morgan fingerprint density at radius 2 is 1.85 bits per heavy atom. The maximum absolute atomic E-state index is 14.1. The van der Waals surface area contributed by atoms with Gasteiger partial charge in [0.1, 0.15) is 5.82 Å². The molecule has 1 saturated heterocycles. The molecule has 2 aromatic rings. The number of nitrogens with two attached hydrogens (primary N) is 1. The molecule has 2 heterocycles. The highest BCUT2D eigenvalue weighted by molar-refractivity contribution is 5.77. The molecule has 26 heavy (non-hydrogen) atoms. The minimum Gasteiger partial charge on any atom is -0.327 e. The van der Waals surface area contributed by atoms with Crippen molar-refractivity contribution in [3.05, 3.63) is 71.0 Å². The molecule has 0 aromatic heterocycles. The predicted molar refractivity (Wildman–Crippen MR) is 95.0 cm³/mol. The number of urea groups is 1. The quantitative estimate of drug-likeness (QED) is 0.899. The van der Waals surface area contributed by atoms with Gasteiger partial charge in [0, 0.05) is 13.1 Å². The SMILES string of the molecule is NCC1(F)CN(C(=O)N2CCc3ccccc3[C@@H]2c2ccc(F)cc2)C1. The largest absolute Gasteiger partial charge is 0.327 e. The van der Waals surface area contributed by atoms with E-state index in [1.807, 2.05) is 18.2 Å². The van der Waals surface area contributed by atoms with Crippen LogP contribution in [0.1, 0.15) is 22.7 Å². The number of carbonyl (C=O) groups excluding carboxylic acids is 1. The molecule has 6 heteroatoms. The average molecular weight is 357 g/mol. The van der Waals surface area contributed by atoms with Gasteiger partial charge in [0.25, 0.3) is 0 Å². The Morgan fingerprint density at radius 3 is 2.54 bits per heavy atom. The van der Waals surface area contributed by atoms with Crippen LogP contribution in [0.4, 0.5) is 13.6 Å². The molecule has 0 radical (unpaired) electrons. The van der Waals surface area contributed by atoms with Crippen LogP contribution in [0.15, 0.2) is 48.5 Å². The van der Waals surface area contributed by atoms with Gasteiger partial charge in [-0.25, -0.2) is 13.6 Å². The van der Waals surface area contributed by atoms with Crippen LogP contribution in [0.5, 0.6) is 0 Å². The summed E-state index contributed by atoms with van der Waals surface area (Å²) < 4.78 is 27.5. The summed E-state index contributed by atoms with van der Waals surface area (Å²) in [6.45, 7) is 0.505. The number of alkyl halides is 1. The zero-order chi connectivity index (χ0) is 18.3. The summed E-state index contributed by atoms with van der Waals surface area (Å²) >= 11 is 0. The summed E-state index contributed by atoms with van der Waals surface area (Å²) in [5.41, 5.74) is 7.02. The van der Waals surface area contributed by atoms with Crippen molar-refractivity contribution in [2.75, 3.05) is 26.2 Å². The van der Waals surface area contributed by atoms with Crippen LogP contribution >= 0.6 is 0 Å². The fraction of sp³-hybridized carbons (Fsp3) is 0.350. The zero-order valence-electron chi connectivity index (χ0n) is 14.4. The maximum Gasteiger partial charge on any atom is 0.321 e. The summed E-state index contributed by atoms with van der Waals surface area (Å²) in [6.07, 6.45) is 0.741. The molecule has 2 aliphatic rings. The number of benzene rings is 2. The van der Waals surface area contributed by atoms with Crippen molar-refractivity contribution in [2.24, 2.45) is 5.73 Å². The third-order valence-corrected chi connectivity index (χ3v) is 5.30. The van der Waals surface area contributed by atoms with E-state index in [1.54, 1.807) is 17.0 Å². The Labute approximate surface area is 151 Å². The summed E-state index contributed by atoms with van der Waals surface area (Å²) in [7, 11) is 0. The first-order valence-corrected chi connectivity index (χ1v) is 8.78. The van der Waals surface area contributed by atoms with E-state index in [4.69, 9.17) is 5.73 Å². The van der Waals surface area contributed by atoms with Crippen LogP contribution in [0, 0.1) is 5.82 Å². The van der Waals surface area contributed by atoms with E-state index in [0.717, 1.165) is 17.5 Å². The van der Waals surface area contributed by atoms with E-state index in [0.29, 0.717) is 6.54 Å². The number of hydrogen-bond donors (Lipinski definition) is 1. The summed E-state index contributed by atoms with van der Waals surface area (Å²) in [5.74, 6) is -0.316. The second-order valence-corrected chi connectivity index (χ2v) is 7.09. The van der Waals surface area contributed by atoms with Crippen LogP contribution in [-0.4, -0.2) is 47.7 Å². The van der Waals surface area contributed by atoms with Crippen LogP contribution in [0.2, 0.25) is 0 Å². The molecule has 0 aliphatic carbocycles. The van der Waals surface area contributed by atoms with Gasteiger partial charge in [0.05, 0.1) is 19.1 Å². The van der Waals surface area contributed by atoms with Gasteiger partial charge >= 0.3 is 6.03 Å². The minimum atomic E-state index is -1.48. The van der Waals surface area contributed by atoms with Gasteiger partial charge in [0.2, 0.25) is 0 Å². The van der Waals surface area contributed by atoms with Crippen molar-refractivity contribution < 1.29 is 13.6 Å². The first-order valence-electron chi connectivity index (χ1n) is 8.78. The Bertz CT molecular complexity index is 818. The molecule has 0 bridgehead atoms. The van der Waals surface area contributed by atoms with Crippen LogP contribution in [-0.2, 0) is 6.42 Å². The maximum atomic E-state index is 14.1. The molecule has 1 atom stereocenters. The van der Waals surface area contributed by atoms with Crippen molar-refractivity contribution in [3.63, 3.8) is 0 Å². The summed E-state index contributed by atoms with van der Waals surface area (Å²) in [4.78, 5) is 16.3. The molecule has 2 aromatic carbocycles. The van der Waals surface area contributed by atoms with E-state index < -0.39 is 5.67 Å². The topological polar surface area (TPSA) is 49.6 Å². The van der Waals surface area contributed by atoms with Gasteiger partial charge in [0.15, 0.2) is 5.67 Å². The van der Waals surface area contributed by atoms with Crippen molar-refractivity contribution in [1.29, 1.82) is 0 Å². The molecule has 0 spiro atoms. The van der Waals surface area contributed by atoms with Crippen molar-refractivity contribution in [3.8, 4) is 0 Å². The Balaban J connectivity index is 1.67. The number of fused-ring (bicyclic) bond motifs is 1. The lowest BCUT2D eigenvalue weighted by Crippen LogP contribution is -2.66. The molecular weight excluding hydrogens is 336 g/mol. The summed E-state index contributed by atoms with van der Waals surface area (Å²) in [6, 6.07) is 13.7. The van der Waals surface area contributed by atoms with Crippen LogP contribution in [0.25, 0.3) is 0 Å². The molecule has 0 saturated carbocycles. The van der Waals surface area contributed by atoms with E-state index in [2.05, 4.69) is 6.07 Å². The number of likely N-dealkylation sites (tertiary alicyclic amines) is 1. The lowest BCUT2D eigenvalue weighted by molar-refractivity contribution is -0.0111. The number of hydrogen-bond acceptors (Lipinski definition) is 2. The highest BCUT2D eigenvalue weighted by Crippen LogP contribution is 2.37. The van der Waals surface area contributed by atoms with Gasteiger partial charge in [-0.15, -0.1) is 0 Å². The lowest BCUT2D eigenvalue weighted by Gasteiger charge is -2.48. The summed E-state index contributed by atoms with van der Waals surface area (Å²) in [5, 5.41) is 0. The lowest BCUT2D eigenvalue weighted by atomic mass is 9.88. The zero-order valence-corrected chi connectivity index (χ0v) is 14.4. The van der Waals surface area contributed by atoms with E-state index in [-0.39, 0.29) is 37.5 Å². The van der Waals surface area contributed by atoms with Crippen molar-refractivity contribution in [2.45, 2.75) is 18.1 Å². The molecule has 2 N–H and O–H groups in total. The molecular formula is C20H21F2N3O. The van der Waals surface area contributed by atoms with E-state index in [1.165, 1.54) is 22.6 Å². The van der Waals surface area contributed by atoms with Gasteiger partial charge < -0.3 is 15.5 Å². The van der Waals surface area contributed by atoms with Gasteiger partial charge in [-0.1, -0.05) is 36.4 Å². The number of amides is 2. The van der Waals surface area contributed by atoms with Gasteiger partial charge in [-0.05, 0) is 35.2 Å². The standard InChI is InChI=1S/C20H21F2N3O/c21-16-7-5-15(6-8-16)18-17-4-2-1-3-14(17)9-10-25(18)19(26)24-12-20(22,11-23)13-24/h1-8,18H,9-13,23H2/t18-/m0/s1. The molecule has 4 nitrogen and oxygen atoms in total. The predicted octanol–water partition coefficient (Wildman–Crippen LogP) is 2.88. The van der Waals surface area contributed by atoms with Crippen molar-refractivity contribution >= 4 is 6.03 Å². The first kappa shape index (κ1) is 17.0. The Kier molecular flexibility index (Phi) is 4.15. The Hall–Kier alpha value is -2.47. The molecule has 136 valence electrons. The highest BCUT2D eigenvalue weighted by atomic mass is 19.1. The molecule has 4 rings (SSSR count). The number of nitrogens with zero attached hydrogens (tertiary/aromatic N) is 2. The normalized spacial score (nSPS) is 21.1. The fourth-order valence-corrected chi connectivity index (χ4v) is 3.86. The third kappa shape index (κ3) is 2.84. The first-order chi connectivity index (χ1) is 12.5. The van der Waals surface area contributed by atoms with Crippen molar-refractivity contribution in [1.82, 2.24) is 9.80 Å². The second kappa shape index (κ2) is 6.36. The van der Waals surface area contributed by atoms with Gasteiger partial charge in [-0.3, -0.25) is 0 Å². The second-order valence-electron chi connectivity index (χ2n) is 7.09. The van der Waals surface area contributed by atoms with Crippen LogP contribution < -0.4 is 5.73 Å². The molecule has 2 amide bonds. The minimum absolute atomic E-state index is 0.0244. The van der Waals surface area contributed by atoms with Crippen LogP contribution in [0.3, 0.4) is 0 Å². The third-order valence-electron chi connectivity index (χ3n) is 5.30. The molecule has 0 unspecified atom stereocenters. The Morgan fingerprint density at radius 1 is 1.15 bits per heavy atom. The molecule has 1 fully saturated rings. The number of rotatable bonds is 2. The molecule has 2 aliphatic heterocycles. The fourth-order valence-electron chi connectivity index (χ4n) is 3.86. The number of halogens is 2. The van der Waals surface area contributed by atoms with E-state index >= 15 is 0 Å². The smallest absolute Gasteiger partial charge is 0.321 e. The average Bonchev–Trinajstić information content (AvgIpc) is 2.65. The monoisotopic (exact) mass is 357 g/mol. The van der Waals surface area contributed by atoms with E-state index in [9.17, 15) is 13.6 Å².